The minimum Gasteiger partial charge on any atom is -0.461 e. The van der Waals surface area contributed by atoms with Gasteiger partial charge in [0.15, 0.2) is 0 Å². The van der Waals surface area contributed by atoms with Crippen molar-refractivity contribution in [2.45, 2.75) is 25.7 Å². The molecule has 0 aromatic heterocycles. The maximum atomic E-state index is 13.7. The Bertz CT molecular complexity index is 679. The number of hydrogen-bond acceptors (Lipinski definition) is 3. The predicted molar refractivity (Wildman–Crippen MR) is 86.8 cm³/mol. The molecule has 3 saturated heterocycles. The highest BCUT2D eigenvalue weighted by Crippen LogP contribution is 2.41. The fraction of sp³-hybridized carbons (Fsp3) is 0.500. The number of fused-ring (bicyclic) bond motifs is 4. The molecule has 0 unspecified atom stereocenters. The Labute approximate surface area is 140 Å². The van der Waals surface area contributed by atoms with Gasteiger partial charge in [0, 0.05) is 5.41 Å². The zero-order chi connectivity index (χ0) is 16.0. The van der Waals surface area contributed by atoms with Crippen LogP contribution in [0.5, 0.6) is 0 Å². The Morgan fingerprint density at radius 3 is 2.65 bits per heavy atom. The van der Waals surface area contributed by atoms with Crippen LogP contribution in [0.25, 0.3) is 5.57 Å². The second kappa shape index (κ2) is 5.60. The first-order chi connectivity index (χ1) is 11.1. The highest BCUT2D eigenvalue weighted by Gasteiger charge is 2.40. The summed E-state index contributed by atoms with van der Waals surface area (Å²) in [5.74, 6) is -0.836. The second-order valence-corrected chi connectivity index (χ2v) is 7.32. The average molecular weight is 336 g/mol. The average Bonchev–Trinajstić information content (AvgIpc) is 2.98. The van der Waals surface area contributed by atoms with E-state index < -0.39 is 5.82 Å². The molecule has 2 bridgehead atoms. The van der Waals surface area contributed by atoms with E-state index in [0.717, 1.165) is 44.5 Å². The summed E-state index contributed by atoms with van der Waals surface area (Å²) >= 11 is 5.81. The Balaban J connectivity index is 1.46. The number of nitrogens with zero attached hydrogens (tertiary/aromatic N) is 1. The minimum absolute atomic E-state index is 0.0969. The molecule has 1 aromatic rings. The molecule has 3 nitrogen and oxygen atoms in total. The van der Waals surface area contributed by atoms with Crippen molar-refractivity contribution in [2.75, 3.05) is 26.2 Å². The molecule has 5 rings (SSSR count). The number of benzene rings is 1. The normalized spacial score (nSPS) is 28.4. The highest BCUT2D eigenvalue weighted by molar-refractivity contribution is 6.31. The van der Waals surface area contributed by atoms with Gasteiger partial charge in [0.25, 0.3) is 0 Å². The first kappa shape index (κ1) is 15.2. The topological polar surface area (TPSA) is 29.5 Å². The van der Waals surface area contributed by atoms with Crippen molar-refractivity contribution in [3.8, 4) is 0 Å². The molecule has 3 aliphatic heterocycles. The molecule has 23 heavy (non-hydrogen) atoms. The second-order valence-electron chi connectivity index (χ2n) is 6.91. The molecular formula is C18H19ClFNO2. The highest BCUT2D eigenvalue weighted by atomic mass is 35.5. The van der Waals surface area contributed by atoms with Crippen molar-refractivity contribution in [1.29, 1.82) is 0 Å². The molecule has 3 fully saturated rings. The Kier molecular flexibility index (Phi) is 3.69. The predicted octanol–water partition coefficient (Wildman–Crippen LogP) is 3.45. The summed E-state index contributed by atoms with van der Waals surface area (Å²) in [6, 6.07) is 2.94. The van der Waals surface area contributed by atoms with E-state index in [1.165, 1.54) is 6.07 Å². The van der Waals surface area contributed by atoms with Crippen LogP contribution in [0.3, 0.4) is 0 Å². The molecule has 0 saturated carbocycles. The van der Waals surface area contributed by atoms with Gasteiger partial charge in [-0.05, 0) is 68.6 Å². The largest absolute Gasteiger partial charge is 0.461 e. The number of rotatable bonds is 3. The lowest BCUT2D eigenvalue weighted by molar-refractivity contribution is -0.143. The number of carbonyl (C=O) groups is 1. The monoisotopic (exact) mass is 335 g/mol. The molecule has 3 heterocycles. The van der Waals surface area contributed by atoms with Gasteiger partial charge in [-0.1, -0.05) is 17.7 Å². The van der Waals surface area contributed by atoms with Crippen molar-refractivity contribution in [3.63, 3.8) is 0 Å². The van der Waals surface area contributed by atoms with Gasteiger partial charge in [0.2, 0.25) is 0 Å². The zero-order valence-corrected chi connectivity index (χ0v) is 13.7. The summed E-state index contributed by atoms with van der Waals surface area (Å²) in [6.07, 6.45) is 5.70. The smallest absolute Gasteiger partial charge is 0.338 e. The van der Waals surface area contributed by atoms with Crippen molar-refractivity contribution in [3.05, 3.63) is 40.2 Å². The molecule has 1 aliphatic carbocycles. The molecule has 4 aliphatic rings. The minimum atomic E-state index is -0.496. The van der Waals surface area contributed by atoms with Gasteiger partial charge in [-0.2, -0.15) is 0 Å². The fourth-order valence-corrected chi connectivity index (χ4v) is 4.12. The van der Waals surface area contributed by atoms with Crippen LogP contribution >= 0.6 is 11.6 Å². The molecule has 1 aromatic carbocycles. The summed E-state index contributed by atoms with van der Waals surface area (Å²) in [5, 5.41) is 0.0969. The lowest BCUT2D eigenvalue weighted by Crippen LogP contribution is -2.50. The van der Waals surface area contributed by atoms with Crippen molar-refractivity contribution in [2.24, 2.45) is 5.41 Å². The summed E-state index contributed by atoms with van der Waals surface area (Å²) in [5.41, 5.74) is 2.12. The Hall–Kier alpha value is -1.39. The third-order valence-electron chi connectivity index (χ3n) is 5.57. The first-order valence-corrected chi connectivity index (χ1v) is 8.52. The van der Waals surface area contributed by atoms with E-state index in [4.69, 9.17) is 16.3 Å². The van der Waals surface area contributed by atoms with E-state index in [1.807, 2.05) is 6.08 Å². The van der Waals surface area contributed by atoms with Gasteiger partial charge in [-0.25, -0.2) is 9.18 Å². The summed E-state index contributed by atoms with van der Waals surface area (Å²) in [6.45, 7) is 3.79. The van der Waals surface area contributed by atoms with Crippen LogP contribution in [0.15, 0.2) is 18.2 Å². The third-order valence-corrected chi connectivity index (χ3v) is 5.86. The standard InChI is InChI=1S/C18H19ClFNO2/c19-15-9-12-1-2-13(14(12)10-16(15)20)17(22)23-11-18-3-6-21(7-4-18)8-5-18/h2,9-10H,1,3-8,11H2. The molecule has 0 N–H and O–H groups in total. The van der Waals surface area contributed by atoms with E-state index in [9.17, 15) is 9.18 Å². The molecular weight excluding hydrogens is 317 g/mol. The molecule has 0 amide bonds. The van der Waals surface area contributed by atoms with Crippen LogP contribution < -0.4 is 0 Å². The van der Waals surface area contributed by atoms with Crippen molar-refractivity contribution in [1.82, 2.24) is 4.90 Å². The number of allylic oxidation sites excluding steroid dienone is 1. The number of carbonyl (C=O) groups excluding carboxylic acids is 1. The van der Waals surface area contributed by atoms with E-state index in [1.54, 1.807) is 6.07 Å². The van der Waals surface area contributed by atoms with Crippen LogP contribution in [0.2, 0.25) is 5.02 Å². The van der Waals surface area contributed by atoms with Crippen molar-refractivity contribution < 1.29 is 13.9 Å². The molecule has 0 spiro atoms. The van der Waals surface area contributed by atoms with Crippen LogP contribution in [-0.4, -0.2) is 37.1 Å². The zero-order valence-electron chi connectivity index (χ0n) is 12.9. The van der Waals surface area contributed by atoms with Gasteiger partial charge >= 0.3 is 5.97 Å². The number of piperidine rings is 3. The van der Waals surface area contributed by atoms with Crippen LogP contribution in [0, 0.1) is 11.2 Å². The number of ether oxygens (including phenoxy) is 1. The van der Waals surface area contributed by atoms with E-state index in [-0.39, 0.29) is 16.4 Å². The van der Waals surface area contributed by atoms with Gasteiger partial charge in [-0.3, -0.25) is 0 Å². The maximum Gasteiger partial charge on any atom is 0.338 e. The van der Waals surface area contributed by atoms with Crippen LogP contribution in [-0.2, 0) is 16.0 Å². The lowest BCUT2D eigenvalue weighted by atomic mass is 9.73. The Morgan fingerprint density at radius 1 is 1.26 bits per heavy atom. The van der Waals surface area contributed by atoms with Crippen LogP contribution in [0.4, 0.5) is 4.39 Å². The first-order valence-electron chi connectivity index (χ1n) is 8.14. The quantitative estimate of drug-likeness (QED) is 0.792. The van der Waals surface area contributed by atoms with Gasteiger partial charge in [0.1, 0.15) is 5.82 Å². The van der Waals surface area contributed by atoms with Crippen molar-refractivity contribution >= 4 is 23.1 Å². The summed E-state index contributed by atoms with van der Waals surface area (Å²) in [4.78, 5) is 14.9. The SMILES string of the molecule is O=C(OCC12CCN(CC1)CC2)C1=CCc2cc(Cl)c(F)cc21. The van der Waals surface area contributed by atoms with E-state index >= 15 is 0 Å². The van der Waals surface area contributed by atoms with E-state index in [0.29, 0.717) is 24.2 Å². The van der Waals surface area contributed by atoms with Gasteiger partial charge < -0.3 is 9.64 Å². The van der Waals surface area contributed by atoms with E-state index in [2.05, 4.69) is 4.90 Å². The number of esters is 1. The summed E-state index contributed by atoms with van der Waals surface area (Å²) < 4.78 is 19.3. The maximum absolute atomic E-state index is 13.7. The van der Waals surface area contributed by atoms with Gasteiger partial charge in [0.05, 0.1) is 17.2 Å². The fourth-order valence-electron chi connectivity index (χ4n) is 3.93. The molecule has 0 atom stereocenters. The van der Waals surface area contributed by atoms with Gasteiger partial charge in [-0.15, -0.1) is 0 Å². The molecule has 5 heteroatoms. The number of hydrogen-bond donors (Lipinski definition) is 0. The summed E-state index contributed by atoms with van der Waals surface area (Å²) in [7, 11) is 0. The lowest BCUT2D eigenvalue weighted by Gasteiger charge is -2.47. The molecule has 122 valence electrons. The third kappa shape index (κ3) is 2.68. The van der Waals surface area contributed by atoms with Crippen LogP contribution in [0.1, 0.15) is 30.4 Å². The Morgan fingerprint density at radius 2 is 1.96 bits per heavy atom. The molecule has 0 radical (unpaired) electrons. The number of halogens is 2.